The van der Waals surface area contributed by atoms with Crippen LogP contribution in [0.25, 0.3) is 0 Å². The summed E-state index contributed by atoms with van der Waals surface area (Å²) in [5.41, 5.74) is 0. The van der Waals surface area contributed by atoms with Crippen molar-refractivity contribution >= 4 is 5.91 Å². The van der Waals surface area contributed by atoms with E-state index in [1.807, 2.05) is 6.08 Å². The van der Waals surface area contributed by atoms with E-state index in [0.29, 0.717) is 6.42 Å². The lowest BCUT2D eigenvalue weighted by Crippen LogP contribution is -2.48. The Labute approximate surface area is 369 Å². The summed E-state index contributed by atoms with van der Waals surface area (Å²) in [5, 5.41) is 33.3. The van der Waals surface area contributed by atoms with Crippen molar-refractivity contribution in [3.63, 3.8) is 0 Å². The molecule has 0 saturated heterocycles. The van der Waals surface area contributed by atoms with Gasteiger partial charge in [-0.05, 0) is 32.1 Å². The second-order valence-corrected chi connectivity index (χ2v) is 18.4. The minimum atomic E-state index is -1.10. The van der Waals surface area contributed by atoms with Crippen LogP contribution in [0, 0.1) is 0 Å². The average Bonchev–Trinajstić information content (AvgIpc) is 3.24. The summed E-state index contributed by atoms with van der Waals surface area (Å²) in [4.78, 5) is 12.5. The first-order valence-electron chi connectivity index (χ1n) is 26.7. The van der Waals surface area contributed by atoms with E-state index >= 15 is 0 Å². The van der Waals surface area contributed by atoms with Gasteiger partial charge in [-0.25, -0.2) is 0 Å². The monoisotopic (exact) mass is 832 g/mol. The lowest BCUT2D eigenvalue weighted by atomic mass is 10.0. The highest BCUT2D eigenvalue weighted by atomic mass is 16.3. The standard InChI is InChI=1S/C54H105NO4/c1-3-5-7-9-11-13-15-17-19-21-23-25-27-29-31-33-35-37-39-41-43-45-47-49-53(58)54(59)55-51(50-56)52(57)48-46-44-42-40-38-36-34-32-30-28-26-24-22-20-18-16-14-12-10-8-6-4-2/h38,40,46,48,51-53,56-58H,3-37,39,41-45,47,49-50H2,1-2H3,(H,55,59)/b40-38+,48-46+. The van der Waals surface area contributed by atoms with Crippen molar-refractivity contribution in [1.29, 1.82) is 0 Å². The Hall–Kier alpha value is -1.17. The van der Waals surface area contributed by atoms with Crippen LogP contribution in [0.1, 0.15) is 290 Å². The molecule has 3 atom stereocenters. The fraction of sp³-hybridized carbons (Fsp3) is 0.907. The first-order chi connectivity index (χ1) is 29.1. The first-order valence-corrected chi connectivity index (χ1v) is 26.7. The fourth-order valence-electron chi connectivity index (χ4n) is 8.38. The molecule has 59 heavy (non-hydrogen) atoms. The lowest BCUT2D eigenvalue weighted by Gasteiger charge is -2.21. The molecule has 0 aliphatic carbocycles. The normalized spacial score (nSPS) is 13.5. The molecule has 0 aromatic rings. The predicted octanol–water partition coefficient (Wildman–Crippen LogP) is 16.1. The molecular formula is C54H105NO4. The molecule has 0 aliphatic rings. The molecule has 0 aliphatic heterocycles. The van der Waals surface area contributed by atoms with Gasteiger partial charge in [0.15, 0.2) is 0 Å². The highest BCUT2D eigenvalue weighted by Gasteiger charge is 2.22. The molecule has 0 bridgehead atoms. The first kappa shape index (κ1) is 57.8. The van der Waals surface area contributed by atoms with Gasteiger partial charge in [0.2, 0.25) is 5.91 Å². The molecule has 0 radical (unpaired) electrons. The highest BCUT2D eigenvalue weighted by molar-refractivity contribution is 5.80. The highest BCUT2D eigenvalue weighted by Crippen LogP contribution is 2.17. The molecule has 1 amide bonds. The van der Waals surface area contributed by atoms with Crippen LogP contribution in [0.3, 0.4) is 0 Å². The van der Waals surface area contributed by atoms with Gasteiger partial charge >= 0.3 is 0 Å². The summed E-state index contributed by atoms with van der Waals surface area (Å²) < 4.78 is 0. The smallest absolute Gasteiger partial charge is 0.249 e. The number of rotatable bonds is 49. The second kappa shape index (κ2) is 49.5. The minimum absolute atomic E-state index is 0.372. The number of hydrogen-bond donors (Lipinski definition) is 4. The van der Waals surface area contributed by atoms with Crippen molar-refractivity contribution in [2.45, 2.75) is 308 Å². The van der Waals surface area contributed by atoms with Gasteiger partial charge in [0, 0.05) is 0 Å². The van der Waals surface area contributed by atoms with E-state index in [9.17, 15) is 20.1 Å². The predicted molar refractivity (Wildman–Crippen MR) is 259 cm³/mol. The van der Waals surface area contributed by atoms with Crippen LogP contribution in [0.5, 0.6) is 0 Å². The molecule has 0 saturated carbocycles. The summed E-state index contributed by atoms with van der Waals surface area (Å²) in [7, 11) is 0. The molecule has 0 rings (SSSR count). The number of hydrogen-bond acceptors (Lipinski definition) is 4. The summed E-state index contributed by atoms with van der Waals surface area (Å²) in [6.07, 6.45) is 62.5. The van der Waals surface area contributed by atoms with Crippen LogP contribution in [-0.2, 0) is 4.79 Å². The number of nitrogens with one attached hydrogen (secondary N) is 1. The van der Waals surface area contributed by atoms with Crippen molar-refractivity contribution < 1.29 is 20.1 Å². The third kappa shape index (κ3) is 44.7. The van der Waals surface area contributed by atoms with Gasteiger partial charge in [0.1, 0.15) is 6.10 Å². The number of aliphatic hydroxyl groups is 3. The number of carbonyl (C=O) groups excluding carboxylic acids is 1. The van der Waals surface area contributed by atoms with Gasteiger partial charge in [0.25, 0.3) is 0 Å². The molecule has 5 nitrogen and oxygen atoms in total. The van der Waals surface area contributed by atoms with E-state index in [1.54, 1.807) is 6.08 Å². The van der Waals surface area contributed by atoms with Crippen LogP contribution in [0.4, 0.5) is 0 Å². The van der Waals surface area contributed by atoms with Gasteiger partial charge < -0.3 is 20.6 Å². The average molecular weight is 832 g/mol. The van der Waals surface area contributed by atoms with E-state index in [1.165, 1.54) is 231 Å². The molecule has 3 unspecified atom stereocenters. The number of amides is 1. The molecule has 4 N–H and O–H groups in total. The third-order valence-corrected chi connectivity index (χ3v) is 12.5. The number of allylic oxidation sites excluding steroid dienone is 3. The molecule has 0 heterocycles. The number of unbranched alkanes of at least 4 members (excludes halogenated alkanes) is 39. The molecule has 0 aromatic heterocycles. The third-order valence-electron chi connectivity index (χ3n) is 12.5. The van der Waals surface area contributed by atoms with E-state index in [-0.39, 0.29) is 6.61 Å². The summed E-state index contributed by atoms with van der Waals surface area (Å²) >= 11 is 0. The Morgan fingerprint density at radius 3 is 1.03 bits per heavy atom. The maximum Gasteiger partial charge on any atom is 0.249 e. The SMILES string of the molecule is CCCCCCCCCCCCCCCCCC/C=C/CC/C=C/C(O)C(CO)NC(=O)C(O)CCCCCCCCCCCCCCCCCCCCCCCCC. The van der Waals surface area contributed by atoms with Crippen LogP contribution in [-0.4, -0.2) is 46.1 Å². The summed E-state index contributed by atoms with van der Waals surface area (Å²) in [5.74, 6) is -0.507. The molecule has 0 aromatic carbocycles. The lowest BCUT2D eigenvalue weighted by molar-refractivity contribution is -0.131. The fourth-order valence-corrected chi connectivity index (χ4v) is 8.38. The van der Waals surface area contributed by atoms with Gasteiger partial charge in [-0.1, -0.05) is 282 Å². The maximum atomic E-state index is 12.5. The summed E-state index contributed by atoms with van der Waals surface area (Å²) in [6.45, 7) is 4.21. The van der Waals surface area contributed by atoms with Crippen LogP contribution < -0.4 is 5.32 Å². The van der Waals surface area contributed by atoms with Crippen LogP contribution in [0.2, 0.25) is 0 Å². The molecule has 5 heteroatoms. The van der Waals surface area contributed by atoms with Crippen LogP contribution in [0.15, 0.2) is 24.3 Å². The van der Waals surface area contributed by atoms with Crippen molar-refractivity contribution in [2.24, 2.45) is 0 Å². The largest absolute Gasteiger partial charge is 0.394 e. The molecule has 350 valence electrons. The molecule has 0 fully saturated rings. The van der Waals surface area contributed by atoms with Crippen molar-refractivity contribution in [3.8, 4) is 0 Å². The quantitative estimate of drug-likeness (QED) is 0.0363. The Balaban J connectivity index is 3.61. The number of carbonyl (C=O) groups is 1. The number of aliphatic hydroxyl groups excluding tert-OH is 3. The van der Waals surface area contributed by atoms with Gasteiger partial charge in [-0.2, -0.15) is 0 Å². The van der Waals surface area contributed by atoms with E-state index < -0.39 is 24.2 Å². The van der Waals surface area contributed by atoms with E-state index in [2.05, 4.69) is 31.3 Å². The zero-order valence-corrected chi connectivity index (χ0v) is 39.9. The Kier molecular flexibility index (Phi) is 48.5. The molecule has 0 spiro atoms. The Morgan fingerprint density at radius 2 is 0.695 bits per heavy atom. The minimum Gasteiger partial charge on any atom is -0.394 e. The van der Waals surface area contributed by atoms with Gasteiger partial charge in [0.05, 0.1) is 18.8 Å². The Bertz CT molecular complexity index is 874. The van der Waals surface area contributed by atoms with Crippen molar-refractivity contribution in [2.75, 3.05) is 6.61 Å². The topological polar surface area (TPSA) is 89.8 Å². The summed E-state index contributed by atoms with van der Waals surface area (Å²) in [6, 6.07) is -0.812. The van der Waals surface area contributed by atoms with Gasteiger partial charge in [-0.3, -0.25) is 4.79 Å². The van der Waals surface area contributed by atoms with E-state index in [0.717, 1.165) is 38.5 Å². The van der Waals surface area contributed by atoms with Crippen molar-refractivity contribution in [3.05, 3.63) is 24.3 Å². The Morgan fingerprint density at radius 1 is 0.407 bits per heavy atom. The zero-order chi connectivity index (χ0) is 43.0. The molecular weight excluding hydrogens is 727 g/mol. The van der Waals surface area contributed by atoms with E-state index in [4.69, 9.17) is 0 Å². The zero-order valence-electron chi connectivity index (χ0n) is 39.9. The van der Waals surface area contributed by atoms with Crippen molar-refractivity contribution in [1.82, 2.24) is 5.32 Å². The van der Waals surface area contributed by atoms with Crippen LogP contribution >= 0.6 is 0 Å². The van der Waals surface area contributed by atoms with Gasteiger partial charge in [-0.15, -0.1) is 0 Å². The maximum absolute atomic E-state index is 12.5. The second-order valence-electron chi connectivity index (χ2n) is 18.4.